The normalized spacial score (nSPS) is 9.79. The van der Waals surface area contributed by atoms with Gasteiger partial charge in [-0.15, -0.1) is 0 Å². The van der Waals surface area contributed by atoms with Gasteiger partial charge in [0.15, 0.2) is 0 Å². The fourth-order valence-electron chi connectivity index (χ4n) is 1.00. The van der Waals surface area contributed by atoms with Gasteiger partial charge in [-0.1, -0.05) is 6.92 Å². The van der Waals surface area contributed by atoms with Crippen molar-refractivity contribution in [3.8, 4) is 0 Å². The van der Waals surface area contributed by atoms with Crippen LogP contribution in [0, 0.1) is 0 Å². The van der Waals surface area contributed by atoms with Gasteiger partial charge in [-0.2, -0.15) is 0 Å². The first kappa shape index (κ1) is 10.4. The molecule has 1 heterocycles. The molecule has 1 N–H and O–H groups in total. The van der Waals surface area contributed by atoms with Gasteiger partial charge in [0.2, 0.25) is 0 Å². The van der Waals surface area contributed by atoms with Crippen LogP contribution >= 0.6 is 0 Å². The third kappa shape index (κ3) is 3.01. The first-order valence-electron chi connectivity index (χ1n) is 4.36. The van der Waals surface area contributed by atoms with E-state index in [0.29, 0.717) is 30.8 Å². The number of H-pyrrole nitrogens is 1. The van der Waals surface area contributed by atoms with Crippen LogP contribution in [-0.2, 0) is 27.4 Å². The number of Topliss-reactive ketones (excluding diaryl/α,β-unsaturated/α-hetero) is 1. The molecule has 0 spiro atoms. The van der Waals surface area contributed by atoms with Gasteiger partial charge < -0.3 is 9.72 Å². The van der Waals surface area contributed by atoms with Crippen molar-refractivity contribution < 1.29 is 14.3 Å². The van der Waals surface area contributed by atoms with Crippen LogP contribution in [0.25, 0.3) is 0 Å². The molecule has 0 unspecified atom stereocenters. The zero-order valence-electron chi connectivity index (χ0n) is 7.95. The summed E-state index contributed by atoms with van der Waals surface area (Å²) in [6.07, 6.45) is 2.36. The van der Waals surface area contributed by atoms with E-state index in [2.05, 4.69) is 14.7 Å². The molecule has 14 heavy (non-hydrogen) atoms. The summed E-state index contributed by atoms with van der Waals surface area (Å²) in [5.74, 6) is 0.739. The number of imidazole rings is 1. The summed E-state index contributed by atoms with van der Waals surface area (Å²) >= 11 is 0. The Balaban J connectivity index is 2.50. The van der Waals surface area contributed by atoms with Gasteiger partial charge >= 0.3 is 0 Å². The summed E-state index contributed by atoms with van der Waals surface area (Å²) in [6, 6.07) is 0. The Morgan fingerprint density at radius 3 is 3.14 bits per heavy atom. The smallest absolute Gasteiger partial charge is 0.293 e. The Morgan fingerprint density at radius 1 is 1.71 bits per heavy atom. The van der Waals surface area contributed by atoms with Crippen LogP contribution < -0.4 is 0 Å². The molecule has 76 valence electrons. The number of aromatic amines is 1. The third-order valence-corrected chi connectivity index (χ3v) is 1.75. The molecule has 0 bridgehead atoms. The molecule has 0 radical (unpaired) electrons. The molecule has 5 nitrogen and oxygen atoms in total. The monoisotopic (exact) mass is 196 g/mol. The Bertz CT molecular complexity index is 320. The average molecular weight is 196 g/mol. The van der Waals surface area contributed by atoms with Crippen LogP contribution in [0.1, 0.15) is 24.9 Å². The second-order valence-electron chi connectivity index (χ2n) is 2.83. The number of carbonyl (C=O) groups excluding carboxylic acids is 2. The Kier molecular flexibility index (Phi) is 3.84. The number of nitrogens with one attached hydrogen (secondary N) is 1. The summed E-state index contributed by atoms with van der Waals surface area (Å²) < 4.78 is 4.53. The van der Waals surface area contributed by atoms with Crippen LogP contribution in [0.2, 0.25) is 0 Å². The average Bonchev–Trinajstić information content (AvgIpc) is 2.62. The minimum Gasteiger partial charge on any atom is -0.461 e. The number of ketones is 1. The van der Waals surface area contributed by atoms with E-state index in [4.69, 9.17) is 0 Å². The lowest BCUT2D eigenvalue weighted by molar-refractivity contribution is -0.130. The van der Waals surface area contributed by atoms with Crippen LogP contribution in [0.15, 0.2) is 6.20 Å². The second-order valence-corrected chi connectivity index (χ2v) is 2.83. The minimum absolute atomic E-state index is 0.127. The maximum absolute atomic E-state index is 11.1. The minimum atomic E-state index is 0.127. The number of nitrogens with zero attached hydrogens (tertiary/aromatic N) is 1. The van der Waals surface area contributed by atoms with E-state index < -0.39 is 0 Å². The highest BCUT2D eigenvalue weighted by atomic mass is 16.5. The highest BCUT2D eigenvalue weighted by molar-refractivity contribution is 5.79. The molecule has 0 amide bonds. The van der Waals surface area contributed by atoms with E-state index >= 15 is 0 Å². The van der Waals surface area contributed by atoms with Gasteiger partial charge in [0.05, 0.1) is 18.3 Å². The standard InChI is InChI=1S/C9H12N2O3/c1-2-8(13)3-9-10-4-7(11-9)5-14-6-12/h4,6H,2-3,5H2,1H3,(H,10,11). The van der Waals surface area contributed by atoms with Gasteiger partial charge in [-0.25, -0.2) is 4.98 Å². The summed E-state index contributed by atoms with van der Waals surface area (Å²) in [4.78, 5) is 27.8. The zero-order chi connectivity index (χ0) is 10.4. The van der Waals surface area contributed by atoms with Crippen LogP contribution in [0.3, 0.4) is 0 Å². The van der Waals surface area contributed by atoms with E-state index in [9.17, 15) is 9.59 Å². The topological polar surface area (TPSA) is 72.0 Å². The quantitative estimate of drug-likeness (QED) is 0.676. The predicted octanol–water partition coefficient (Wildman–Crippen LogP) is 0.604. The van der Waals surface area contributed by atoms with Gasteiger partial charge in [0.25, 0.3) is 6.47 Å². The molecular weight excluding hydrogens is 184 g/mol. The van der Waals surface area contributed by atoms with Crippen LogP contribution in [-0.4, -0.2) is 22.2 Å². The fourth-order valence-corrected chi connectivity index (χ4v) is 1.00. The maximum atomic E-state index is 11.1. The molecule has 1 aromatic heterocycles. The fraction of sp³-hybridized carbons (Fsp3) is 0.444. The van der Waals surface area contributed by atoms with E-state index in [1.807, 2.05) is 6.92 Å². The van der Waals surface area contributed by atoms with Crippen molar-refractivity contribution in [1.82, 2.24) is 9.97 Å². The van der Waals surface area contributed by atoms with Crippen molar-refractivity contribution in [2.75, 3.05) is 0 Å². The first-order valence-corrected chi connectivity index (χ1v) is 4.36. The molecule has 0 atom stereocenters. The van der Waals surface area contributed by atoms with Crippen molar-refractivity contribution in [3.05, 3.63) is 17.7 Å². The molecule has 0 fully saturated rings. The first-order chi connectivity index (χ1) is 6.76. The number of hydrogen-bond donors (Lipinski definition) is 1. The summed E-state index contributed by atoms with van der Waals surface area (Å²) in [5.41, 5.74) is 0.691. The van der Waals surface area contributed by atoms with Crippen molar-refractivity contribution in [1.29, 1.82) is 0 Å². The van der Waals surface area contributed by atoms with E-state index in [0.717, 1.165) is 0 Å². The number of hydrogen-bond acceptors (Lipinski definition) is 4. The zero-order valence-corrected chi connectivity index (χ0v) is 7.95. The van der Waals surface area contributed by atoms with Gasteiger partial charge in [0, 0.05) is 6.42 Å². The SMILES string of the molecule is CCC(=O)Cc1ncc(COC=O)[nH]1. The molecule has 5 heteroatoms. The molecule has 0 aliphatic carbocycles. The third-order valence-electron chi connectivity index (χ3n) is 1.75. The number of aromatic nitrogens is 2. The Hall–Kier alpha value is -1.65. The summed E-state index contributed by atoms with van der Waals surface area (Å²) in [6.45, 7) is 2.34. The van der Waals surface area contributed by atoms with Crippen molar-refractivity contribution >= 4 is 12.3 Å². The van der Waals surface area contributed by atoms with Crippen molar-refractivity contribution in [3.63, 3.8) is 0 Å². The number of ether oxygens (including phenoxy) is 1. The number of carbonyl (C=O) groups is 2. The highest BCUT2D eigenvalue weighted by Crippen LogP contribution is 2.00. The largest absolute Gasteiger partial charge is 0.461 e. The molecule has 0 aromatic carbocycles. The lowest BCUT2D eigenvalue weighted by Gasteiger charge is -1.94. The molecule has 0 saturated carbocycles. The molecule has 1 rings (SSSR count). The Labute approximate surface area is 81.5 Å². The van der Waals surface area contributed by atoms with Gasteiger partial charge in [0.1, 0.15) is 18.2 Å². The Morgan fingerprint density at radius 2 is 2.50 bits per heavy atom. The molecule has 0 aliphatic heterocycles. The maximum Gasteiger partial charge on any atom is 0.293 e. The second kappa shape index (κ2) is 5.16. The van der Waals surface area contributed by atoms with Gasteiger partial charge in [-0.3, -0.25) is 9.59 Å². The van der Waals surface area contributed by atoms with Crippen LogP contribution in [0.4, 0.5) is 0 Å². The van der Waals surface area contributed by atoms with E-state index in [1.165, 1.54) is 0 Å². The summed E-state index contributed by atoms with van der Waals surface area (Å²) in [5, 5.41) is 0. The van der Waals surface area contributed by atoms with Crippen LogP contribution in [0.5, 0.6) is 0 Å². The molecule has 0 saturated heterocycles. The van der Waals surface area contributed by atoms with E-state index in [1.54, 1.807) is 6.20 Å². The lowest BCUT2D eigenvalue weighted by atomic mass is 10.2. The molecule has 1 aromatic rings. The molecular formula is C9H12N2O3. The predicted molar refractivity (Wildman–Crippen MR) is 48.4 cm³/mol. The van der Waals surface area contributed by atoms with Gasteiger partial charge in [-0.05, 0) is 0 Å². The highest BCUT2D eigenvalue weighted by Gasteiger charge is 2.05. The number of rotatable bonds is 6. The lowest BCUT2D eigenvalue weighted by Crippen LogP contribution is -2.02. The summed E-state index contributed by atoms with van der Waals surface area (Å²) in [7, 11) is 0. The van der Waals surface area contributed by atoms with Crippen molar-refractivity contribution in [2.45, 2.75) is 26.4 Å². The van der Waals surface area contributed by atoms with E-state index in [-0.39, 0.29) is 12.4 Å². The van der Waals surface area contributed by atoms with Crippen molar-refractivity contribution in [2.24, 2.45) is 0 Å². The molecule has 0 aliphatic rings.